The Bertz CT molecular complexity index is 880. The van der Waals surface area contributed by atoms with E-state index in [0.717, 1.165) is 41.2 Å². The number of aromatic nitrogens is 2. The van der Waals surface area contributed by atoms with Gasteiger partial charge in [-0.1, -0.05) is 24.8 Å². The normalized spacial score (nSPS) is 18.7. The average Bonchev–Trinajstić information content (AvgIpc) is 2.65. The van der Waals surface area contributed by atoms with Crippen LogP contribution in [-0.4, -0.2) is 40.6 Å². The minimum absolute atomic E-state index is 0.0944. The third-order valence-electron chi connectivity index (χ3n) is 5.54. The molecule has 154 valence electrons. The van der Waals surface area contributed by atoms with Crippen LogP contribution in [0.25, 0.3) is 17.3 Å². The average molecular weight is 392 g/mol. The summed E-state index contributed by atoms with van der Waals surface area (Å²) in [7, 11) is 2.12. The van der Waals surface area contributed by atoms with Crippen molar-refractivity contribution in [2.45, 2.75) is 64.6 Å². The summed E-state index contributed by atoms with van der Waals surface area (Å²) in [6, 6.07) is 10.6. The first kappa shape index (κ1) is 21.2. The first-order chi connectivity index (χ1) is 13.6. The molecule has 1 aliphatic rings. The van der Waals surface area contributed by atoms with Crippen LogP contribution in [0.3, 0.4) is 0 Å². The monoisotopic (exact) mass is 391 g/mol. The second-order valence-corrected chi connectivity index (χ2v) is 9.21. The van der Waals surface area contributed by atoms with E-state index in [9.17, 15) is 0 Å². The maximum absolute atomic E-state index is 4.54. The van der Waals surface area contributed by atoms with Crippen LogP contribution < -0.4 is 10.2 Å². The third kappa shape index (κ3) is 4.91. The molecular formula is C24H33N5. The van der Waals surface area contributed by atoms with Crippen LogP contribution in [-0.2, 0) is 0 Å². The van der Waals surface area contributed by atoms with Crippen LogP contribution >= 0.6 is 0 Å². The highest BCUT2D eigenvalue weighted by Crippen LogP contribution is 2.33. The second kappa shape index (κ2) is 8.07. The van der Waals surface area contributed by atoms with Gasteiger partial charge in [-0.05, 0) is 71.2 Å². The van der Waals surface area contributed by atoms with E-state index in [2.05, 4.69) is 72.8 Å². The van der Waals surface area contributed by atoms with Gasteiger partial charge in [0.2, 0.25) is 0 Å². The maximum atomic E-state index is 4.54. The molecule has 0 saturated carbocycles. The molecule has 2 aromatic rings. The summed E-state index contributed by atoms with van der Waals surface area (Å²) < 4.78 is 0. The number of aliphatic imine (C=N–C) groups is 1. The van der Waals surface area contributed by atoms with Gasteiger partial charge in [-0.25, -0.2) is 0 Å². The maximum Gasteiger partial charge on any atom is 0.151 e. The zero-order valence-electron chi connectivity index (χ0n) is 18.5. The zero-order chi connectivity index (χ0) is 21.2. The summed E-state index contributed by atoms with van der Waals surface area (Å²) in [5.74, 6) is 0.904. The molecule has 1 N–H and O–H groups in total. The smallest absolute Gasteiger partial charge is 0.151 e. The van der Waals surface area contributed by atoms with E-state index >= 15 is 0 Å². The summed E-state index contributed by atoms with van der Waals surface area (Å²) in [5, 5.41) is 12.8. The molecule has 1 aliphatic heterocycles. The minimum atomic E-state index is 0.0944. The first-order valence-electron chi connectivity index (χ1n) is 10.3. The molecule has 29 heavy (non-hydrogen) atoms. The lowest BCUT2D eigenvalue weighted by Gasteiger charge is -2.49. The van der Waals surface area contributed by atoms with Crippen molar-refractivity contribution in [3.8, 4) is 11.3 Å². The van der Waals surface area contributed by atoms with Crippen LogP contribution in [0.2, 0.25) is 0 Å². The zero-order valence-corrected chi connectivity index (χ0v) is 18.5. The Kier molecular flexibility index (Phi) is 5.90. The Morgan fingerprint density at radius 3 is 2.34 bits per heavy atom. The van der Waals surface area contributed by atoms with Crippen molar-refractivity contribution in [2.24, 2.45) is 4.99 Å². The van der Waals surface area contributed by atoms with Crippen molar-refractivity contribution < 1.29 is 0 Å². The molecule has 5 heteroatoms. The number of rotatable bonds is 5. The van der Waals surface area contributed by atoms with Gasteiger partial charge < -0.3 is 10.2 Å². The number of piperidine rings is 1. The summed E-state index contributed by atoms with van der Waals surface area (Å²) in [4.78, 5) is 6.71. The van der Waals surface area contributed by atoms with Gasteiger partial charge in [0.05, 0.1) is 11.4 Å². The molecule has 0 amide bonds. The minimum Gasteiger partial charge on any atom is -0.355 e. The molecular weight excluding hydrogens is 358 g/mol. The largest absolute Gasteiger partial charge is 0.355 e. The summed E-state index contributed by atoms with van der Waals surface area (Å²) in [5.41, 5.74) is 3.93. The molecule has 0 bridgehead atoms. The lowest BCUT2D eigenvalue weighted by Crippen LogP contribution is -2.62. The Morgan fingerprint density at radius 2 is 1.79 bits per heavy atom. The number of hydrogen-bond donors (Lipinski definition) is 1. The van der Waals surface area contributed by atoms with E-state index in [1.165, 1.54) is 0 Å². The molecule has 1 aromatic carbocycles. The number of benzene rings is 1. The standard InChI is InChI=1S/C24H33N5/c1-8-17-10-11-18(14-21(17)25-9-2)20-12-13-22(27-26-20)29(7)19-15-23(3,4)28-24(5,6)16-19/h8-14,19,28H,1,15-16H2,2-7H3/b25-9-. The molecule has 1 saturated heterocycles. The molecule has 0 aliphatic carbocycles. The van der Waals surface area contributed by atoms with Gasteiger partial charge in [-0.15, -0.1) is 10.2 Å². The Labute approximate surface area is 175 Å². The van der Waals surface area contributed by atoms with Gasteiger partial charge in [-0.2, -0.15) is 0 Å². The van der Waals surface area contributed by atoms with E-state index in [1.807, 2.05) is 37.3 Å². The molecule has 1 aromatic heterocycles. The first-order valence-corrected chi connectivity index (χ1v) is 10.3. The van der Waals surface area contributed by atoms with E-state index in [1.54, 1.807) is 6.21 Å². The van der Waals surface area contributed by atoms with E-state index in [4.69, 9.17) is 0 Å². The summed E-state index contributed by atoms with van der Waals surface area (Å²) >= 11 is 0. The van der Waals surface area contributed by atoms with E-state index < -0.39 is 0 Å². The lowest BCUT2D eigenvalue weighted by atomic mass is 9.79. The van der Waals surface area contributed by atoms with Crippen LogP contribution in [0.4, 0.5) is 11.5 Å². The number of anilines is 1. The van der Waals surface area contributed by atoms with Crippen molar-refractivity contribution in [2.75, 3.05) is 11.9 Å². The van der Waals surface area contributed by atoms with Crippen LogP contribution in [0.1, 0.15) is 53.0 Å². The van der Waals surface area contributed by atoms with E-state index in [0.29, 0.717) is 6.04 Å². The van der Waals surface area contributed by atoms with Crippen LogP contribution in [0, 0.1) is 0 Å². The Hall–Kier alpha value is -2.53. The molecule has 2 heterocycles. The number of nitrogens with zero attached hydrogens (tertiary/aromatic N) is 4. The third-order valence-corrected chi connectivity index (χ3v) is 5.54. The summed E-state index contributed by atoms with van der Waals surface area (Å²) in [6.45, 7) is 14.9. The predicted octanol–water partition coefficient (Wildman–Crippen LogP) is 5.25. The van der Waals surface area contributed by atoms with Crippen molar-refractivity contribution in [3.63, 3.8) is 0 Å². The van der Waals surface area contributed by atoms with Crippen LogP contribution in [0.5, 0.6) is 0 Å². The number of nitrogens with one attached hydrogen (secondary N) is 1. The fourth-order valence-corrected chi connectivity index (χ4v) is 4.52. The highest BCUT2D eigenvalue weighted by Gasteiger charge is 2.39. The van der Waals surface area contributed by atoms with Gasteiger partial charge in [0.15, 0.2) is 5.82 Å². The fourth-order valence-electron chi connectivity index (χ4n) is 4.52. The molecule has 1 fully saturated rings. The van der Waals surface area contributed by atoms with Crippen molar-refractivity contribution in [3.05, 3.63) is 42.5 Å². The topological polar surface area (TPSA) is 53.4 Å². The predicted molar refractivity (Wildman–Crippen MR) is 124 cm³/mol. The van der Waals surface area contributed by atoms with Gasteiger partial charge in [0.25, 0.3) is 0 Å². The van der Waals surface area contributed by atoms with Crippen molar-refractivity contribution in [1.29, 1.82) is 0 Å². The van der Waals surface area contributed by atoms with Crippen LogP contribution in [0.15, 0.2) is 41.9 Å². The number of hydrogen-bond acceptors (Lipinski definition) is 5. The van der Waals surface area contributed by atoms with E-state index in [-0.39, 0.29) is 11.1 Å². The van der Waals surface area contributed by atoms with Gasteiger partial charge in [0, 0.05) is 35.9 Å². The Morgan fingerprint density at radius 1 is 1.10 bits per heavy atom. The van der Waals surface area contributed by atoms with Gasteiger partial charge in [-0.3, -0.25) is 4.99 Å². The molecule has 0 spiro atoms. The fraction of sp³-hybridized carbons (Fsp3) is 0.458. The second-order valence-electron chi connectivity index (χ2n) is 9.21. The quantitative estimate of drug-likeness (QED) is 0.707. The molecule has 0 unspecified atom stereocenters. The molecule has 3 rings (SSSR count). The SMILES string of the molecule is C=Cc1ccc(-c2ccc(N(C)C3CC(C)(C)NC(C)(C)C3)nn2)cc1/N=C\C. The van der Waals surface area contributed by atoms with Crippen molar-refractivity contribution in [1.82, 2.24) is 15.5 Å². The van der Waals surface area contributed by atoms with Gasteiger partial charge >= 0.3 is 0 Å². The summed E-state index contributed by atoms with van der Waals surface area (Å²) in [6.07, 6.45) is 5.74. The lowest BCUT2D eigenvalue weighted by molar-refractivity contribution is 0.160. The van der Waals surface area contributed by atoms with Gasteiger partial charge in [0.1, 0.15) is 0 Å². The Balaban J connectivity index is 1.83. The highest BCUT2D eigenvalue weighted by molar-refractivity contribution is 5.74. The highest BCUT2D eigenvalue weighted by atomic mass is 15.3. The molecule has 0 radical (unpaired) electrons. The molecule has 0 atom stereocenters. The molecule has 5 nitrogen and oxygen atoms in total. The van der Waals surface area contributed by atoms with Crippen molar-refractivity contribution >= 4 is 23.8 Å².